The summed E-state index contributed by atoms with van der Waals surface area (Å²) in [5, 5.41) is 26.6. The van der Waals surface area contributed by atoms with Crippen LogP contribution in [0.1, 0.15) is 12.6 Å². The topological polar surface area (TPSA) is 124 Å². The fourth-order valence-corrected chi connectivity index (χ4v) is 2.60. The van der Waals surface area contributed by atoms with Crippen molar-refractivity contribution in [2.24, 2.45) is 0 Å². The van der Waals surface area contributed by atoms with Gasteiger partial charge in [0.1, 0.15) is 31.3 Å². The summed E-state index contributed by atoms with van der Waals surface area (Å²) in [6, 6.07) is 0. The lowest BCUT2D eigenvalue weighted by molar-refractivity contribution is -0.0432. The SMILES string of the molecule is OC[C@H]1O[C@@H](n2c[15n]c3c(-n4cnnc4)[15n]cnc32)C[C@@H]1O. The summed E-state index contributed by atoms with van der Waals surface area (Å²) < 4.78 is 9.00. The molecule has 1 aliphatic rings. The summed E-state index contributed by atoms with van der Waals surface area (Å²) in [5.41, 5.74) is 1.15. The number of imidazole rings is 1. The molecule has 2 N–H and O–H groups in total. The molecule has 1 aliphatic heterocycles. The monoisotopic (exact) mass is 305 g/mol. The third-order valence-electron chi connectivity index (χ3n) is 3.70. The minimum atomic E-state index is -0.716. The Labute approximate surface area is 124 Å². The van der Waals surface area contributed by atoms with Crippen molar-refractivity contribution in [3.8, 4) is 5.82 Å². The van der Waals surface area contributed by atoms with Gasteiger partial charge >= 0.3 is 0 Å². The number of ether oxygens (including phenoxy) is 1. The number of nitrogens with zero attached hydrogens (tertiary/aromatic N) is 7. The summed E-state index contributed by atoms with van der Waals surface area (Å²) in [4.78, 5) is 12.8. The molecule has 0 aliphatic carbocycles. The zero-order valence-corrected chi connectivity index (χ0v) is 11.4. The number of aliphatic hydroxyl groups excluding tert-OH is 2. The molecule has 1 fully saturated rings. The van der Waals surface area contributed by atoms with Gasteiger partial charge in [-0.05, 0) is 0 Å². The van der Waals surface area contributed by atoms with E-state index < -0.39 is 18.4 Å². The van der Waals surface area contributed by atoms with Gasteiger partial charge in [0.05, 0.1) is 19.0 Å². The van der Waals surface area contributed by atoms with Crippen LogP contribution in [0.15, 0.2) is 25.3 Å². The highest BCUT2D eigenvalue weighted by molar-refractivity contribution is 5.78. The molecule has 10 nitrogen and oxygen atoms in total. The van der Waals surface area contributed by atoms with Gasteiger partial charge in [-0.2, -0.15) is 0 Å². The van der Waals surface area contributed by atoms with Gasteiger partial charge in [-0.1, -0.05) is 0 Å². The molecule has 0 unspecified atom stereocenters. The van der Waals surface area contributed by atoms with Crippen LogP contribution in [0.25, 0.3) is 17.0 Å². The van der Waals surface area contributed by atoms with Crippen molar-refractivity contribution in [3.05, 3.63) is 25.3 Å². The first-order valence-corrected chi connectivity index (χ1v) is 6.75. The second-order valence-electron chi connectivity index (χ2n) is 5.01. The van der Waals surface area contributed by atoms with E-state index in [4.69, 9.17) is 4.74 Å². The summed E-state index contributed by atoms with van der Waals surface area (Å²) in [6.45, 7) is -0.231. The Morgan fingerprint density at radius 3 is 2.73 bits per heavy atom. The smallest absolute Gasteiger partial charge is 0.170 e. The fraction of sp³-hybridized carbons (Fsp3) is 0.417. The van der Waals surface area contributed by atoms with Gasteiger partial charge in [-0.3, -0.25) is 9.13 Å². The molecule has 0 saturated carbocycles. The molecule has 0 spiro atoms. The van der Waals surface area contributed by atoms with E-state index >= 15 is 0 Å². The zero-order valence-electron chi connectivity index (χ0n) is 11.4. The highest BCUT2D eigenvalue weighted by Crippen LogP contribution is 2.31. The van der Waals surface area contributed by atoms with E-state index in [-0.39, 0.29) is 6.61 Å². The average molecular weight is 305 g/mol. The Morgan fingerprint density at radius 1 is 1.18 bits per heavy atom. The Hall–Kier alpha value is -2.43. The maximum absolute atomic E-state index is 9.86. The van der Waals surface area contributed by atoms with E-state index in [0.717, 1.165) is 0 Å². The molecule has 3 aromatic heterocycles. The quantitative estimate of drug-likeness (QED) is 0.634. The first-order valence-electron chi connectivity index (χ1n) is 6.75. The molecule has 0 amide bonds. The Morgan fingerprint density at radius 2 is 2.00 bits per heavy atom. The highest BCUT2D eigenvalue weighted by Gasteiger charge is 2.35. The van der Waals surface area contributed by atoms with Crippen LogP contribution in [0.4, 0.5) is 0 Å². The van der Waals surface area contributed by atoms with Gasteiger partial charge < -0.3 is 14.9 Å². The van der Waals surface area contributed by atoms with Crippen molar-refractivity contribution in [2.45, 2.75) is 24.9 Å². The van der Waals surface area contributed by atoms with E-state index in [0.29, 0.717) is 23.4 Å². The largest absolute Gasteiger partial charge is 0.394 e. The second-order valence-corrected chi connectivity index (χ2v) is 5.01. The molecule has 4 rings (SSSR count). The van der Waals surface area contributed by atoms with Crippen molar-refractivity contribution >= 4 is 11.2 Å². The molecule has 4 heterocycles. The van der Waals surface area contributed by atoms with E-state index in [1.54, 1.807) is 15.5 Å². The summed E-state index contributed by atoms with van der Waals surface area (Å²) in [7, 11) is 0. The molecular weight excluding hydrogens is 292 g/mol. The lowest BCUT2D eigenvalue weighted by Crippen LogP contribution is -2.24. The fourth-order valence-electron chi connectivity index (χ4n) is 2.60. The first kappa shape index (κ1) is 13.2. The first-order chi connectivity index (χ1) is 10.8. The zero-order chi connectivity index (χ0) is 15.1. The van der Waals surface area contributed by atoms with Crippen LogP contribution in [0.3, 0.4) is 0 Å². The van der Waals surface area contributed by atoms with Crippen LogP contribution in [0.5, 0.6) is 0 Å². The van der Waals surface area contributed by atoms with Crippen molar-refractivity contribution in [2.75, 3.05) is 6.61 Å². The van der Waals surface area contributed by atoms with Crippen LogP contribution in [-0.4, -0.2) is 63.3 Å². The van der Waals surface area contributed by atoms with Gasteiger partial charge in [-0.15, -0.1) is 10.2 Å². The molecule has 3 atom stereocenters. The number of fused-ring (bicyclic) bond motifs is 1. The molecule has 22 heavy (non-hydrogen) atoms. The van der Waals surface area contributed by atoms with Gasteiger partial charge in [0.15, 0.2) is 17.0 Å². The average Bonchev–Trinajstić information content (AvgIpc) is 3.25. The molecule has 0 aromatic carbocycles. The molecular formula is C12H13N7O3. The highest BCUT2D eigenvalue weighted by atomic mass is 16.5. The predicted molar refractivity (Wildman–Crippen MR) is 71.9 cm³/mol. The predicted octanol–water partition coefficient (Wildman–Crippen LogP) is -0.952. The van der Waals surface area contributed by atoms with Crippen molar-refractivity contribution in [1.29, 1.82) is 0 Å². The van der Waals surface area contributed by atoms with Crippen LogP contribution in [-0.2, 0) is 4.74 Å². The molecule has 1 saturated heterocycles. The van der Waals surface area contributed by atoms with Gasteiger partial charge in [0.2, 0.25) is 0 Å². The maximum Gasteiger partial charge on any atom is 0.170 e. The lowest BCUT2D eigenvalue weighted by Gasteiger charge is -2.13. The number of aromatic nitrogens is 7. The third kappa shape index (κ3) is 1.96. The normalized spacial score (nSPS) is 25.1. The van der Waals surface area contributed by atoms with Crippen LogP contribution < -0.4 is 0 Å². The van der Waals surface area contributed by atoms with E-state index in [1.165, 1.54) is 19.0 Å². The number of hydrogen-bond acceptors (Lipinski definition) is 8. The van der Waals surface area contributed by atoms with Crippen LogP contribution >= 0.6 is 0 Å². The minimum absolute atomic E-state index is 0.231. The number of aliphatic hydroxyl groups is 2. The summed E-state index contributed by atoms with van der Waals surface area (Å²) >= 11 is 0. The van der Waals surface area contributed by atoms with Crippen molar-refractivity contribution in [3.63, 3.8) is 0 Å². The summed E-state index contributed by atoms with van der Waals surface area (Å²) in [6.07, 6.45) is 4.68. The van der Waals surface area contributed by atoms with Gasteiger partial charge in [0.25, 0.3) is 0 Å². The van der Waals surface area contributed by atoms with E-state index in [2.05, 4.69) is 25.1 Å². The van der Waals surface area contributed by atoms with Gasteiger partial charge in [0, 0.05) is 6.42 Å². The molecule has 10 heteroatoms. The van der Waals surface area contributed by atoms with Crippen LogP contribution in [0.2, 0.25) is 0 Å². The van der Waals surface area contributed by atoms with Gasteiger partial charge in [-0.25, -0.2) is 15.0 Å². The number of hydrogen-bond donors (Lipinski definition) is 2. The number of rotatable bonds is 3. The third-order valence-corrected chi connectivity index (χ3v) is 3.70. The maximum atomic E-state index is 9.86. The van der Waals surface area contributed by atoms with E-state index in [1.807, 2.05) is 0 Å². The standard InChI is InChI=1S/C12H13N7O3/c20-2-8-7(21)1-9(22-8)19-4-15-10-11(13-3-14-12(10)19)18-5-16-17-6-18/h3-9,20-21H,1-2H2/t7-,8+,9+/m0/s1/i13+1,15+1. The second kappa shape index (κ2) is 5.09. The van der Waals surface area contributed by atoms with Crippen molar-refractivity contribution < 1.29 is 14.9 Å². The van der Waals surface area contributed by atoms with Crippen LogP contribution in [0, 0.1) is 0 Å². The lowest BCUT2D eigenvalue weighted by atomic mass is 10.2. The Kier molecular flexibility index (Phi) is 3.06. The Bertz CT molecular complexity index is 787. The molecule has 0 radical (unpaired) electrons. The molecule has 0 bridgehead atoms. The summed E-state index contributed by atoms with van der Waals surface area (Å²) in [5.74, 6) is 0.561. The minimum Gasteiger partial charge on any atom is -0.394 e. The molecule has 3 aromatic rings. The van der Waals surface area contributed by atoms with Crippen molar-refractivity contribution in [1.82, 2.24) is 34.3 Å². The molecule has 114 valence electrons. The van der Waals surface area contributed by atoms with E-state index in [9.17, 15) is 10.2 Å². The Balaban J connectivity index is 1.77.